The molecule has 0 amide bonds. The molecule has 0 saturated carbocycles. The number of likely N-dealkylation sites (N-methyl/N-ethyl adjacent to an activating group) is 1. The Morgan fingerprint density at radius 2 is 2.24 bits per heavy atom. The second kappa shape index (κ2) is 5.38. The normalized spacial score (nSPS) is 20.3. The lowest BCUT2D eigenvalue weighted by molar-refractivity contribution is 0.371. The molecule has 0 N–H and O–H groups in total. The highest BCUT2D eigenvalue weighted by Gasteiger charge is 2.27. The van der Waals surface area contributed by atoms with Crippen LogP contribution in [-0.2, 0) is 0 Å². The van der Waals surface area contributed by atoms with Crippen LogP contribution in [0.1, 0.15) is 12.8 Å². The van der Waals surface area contributed by atoms with Crippen LogP contribution in [0.5, 0.6) is 0 Å². The van der Waals surface area contributed by atoms with Crippen LogP contribution in [0.4, 0.5) is 5.82 Å². The molecule has 1 aliphatic rings. The molecule has 0 bridgehead atoms. The molecule has 1 aliphatic heterocycles. The van der Waals surface area contributed by atoms with Crippen LogP contribution < -0.4 is 4.90 Å². The van der Waals surface area contributed by atoms with E-state index < -0.39 is 0 Å². The molecule has 6 heteroatoms. The molecule has 17 heavy (non-hydrogen) atoms. The fourth-order valence-electron chi connectivity index (χ4n) is 2.26. The fourth-order valence-corrected chi connectivity index (χ4v) is 2.59. The second-order valence-electron chi connectivity index (χ2n) is 4.56. The summed E-state index contributed by atoms with van der Waals surface area (Å²) >= 11 is 12.0. The summed E-state index contributed by atoms with van der Waals surface area (Å²) in [6.07, 6.45) is 3.89. The van der Waals surface area contributed by atoms with Gasteiger partial charge in [-0.15, -0.1) is 0 Å². The van der Waals surface area contributed by atoms with E-state index in [0.717, 1.165) is 31.7 Å². The average molecular weight is 275 g/mol. The molecule has 2 rings (SSSR count). The van der Waals surface area contributed by atoms with E-state index in [1.165, 1.54) is 0 Å². The zero-order valence-corrected chi connectivity index (χ0v) is 11.5. The Labute approximate surface area is 112 Å². The number of hydrogen-bond acceptors (Lipinski definition) is 4. The van der Waals surface area contributed by atoms with Gasteiger partial charge in [-0.05, 0) is 38.5 Å². The van der Waals surface area contributed by atoms with Crippen LogP contribution in [0.15, 0.2) is 6.20 Å². The van der Waals surface area contributed by atoms with E-state index in [9.17, 15) is 0 Å². The van der Waals surface area contributed by atoms with E-state index in [4.69, 9.17) is 23.2 Å². The summed E-state index contributed by atoms with van der Waals surface area (Å²) in [6.45, 7) is 1.98. The van der Waals surface area contributed by atoms with Gasteiger partial charge < -0.3 is 9.80 Å². The fraction of sp³-hybridized carbons (Fsp3) is 0.636. The molecular formula is C11H16Cl2N4. The summed E-state index contributed by atoms with van der Waals surface area (Å²) in [5, 5.41) is 0.819. The Morgan fingerprint density at radius 3 is 2.94 bits per heavy atom. The molecule has 2 heterocycles. The van der Waals surface area contributed by atoms with Crippen LogP contribution in [0, 0.1) is 0 Å². The molecule has 0 radical (unpaired) electrons. The van der Waals surface area contributed by atoms with Crippen molar-refractivity contribution in [1.29, 1.82) is 0 Å². The Kier molecular flexibility index (Phi) is 4.07. The molecule has 1 unspecified atom stereocenters. The predicted octanol–water partition coefficient (Wildman–Crippen LogP) is 2.31. The lowest BCUT2D eigenvalue weighted by atomic mass is 10.2. The molecular weight excluding hydrogens is 259 g/mol. The van der Waals surface area contributed by atoms with Crippen molar-refractivity contribution in [3.63, 3.8) is 0 Å². The first-order chi connectivity index (χ1) is 8.08. The monoisotopic (exact) mass is 274 g/mol. The van der Waals surface area contributed by atoms with Crippen molar-refractivity contribution in [1.82, 2.24) is 14.9 Å². The molecule has 1 saturated heterocycles. The minimum absolute atomic E-state index is 0.250. The molecule has 0 aromatic carbocycles. The lowest BCUT2D eigenvalue weighted by Gasteiger charge is -2.28. The number of aromatic nitrogens is 2. The van der Waals surface area contributed by atoms with Gasteiger partial charge in [0.25, 0.3) is 0 Å². The summed E-state index contributed by atoms with van der Waals surface area (Å²) in [4.78, 5) is 12.5. The van der Waals surface area contributed by atoms with E-state index in [1.54, 1.807) is 6.20 Å². The second-order valence-corrected chi connectivity index (χ2v) is 5.31. The van der Waals surface area contributed by atoms with Crippen molar-refractivity contribution in [3.05, 3.63) is 16.5 Å². The van der Waals surface area contributed by atoms with Gasteiger partial charge in [0.1, 0.15) is 5.02 Å². The topological polar surface area (TPSA) is 32.3 Å². The molecule has 1 aromatic rings. The summed E-state index contributed by atoms with van der Waals surface area (Å²) in [5.74, 6) is 0.760. The first-order valence-corrected chi connectivity index (χ1v) is 6.43. The van der Waals surface area contributed by atoms with Crippen molar-refractivity contribution in [3.8, 4) is 0 Å². The number of nitrogens with zero attached hydrogens (tertiary/aromatic N) is 4. The van der Waals surface area contributed by atoms with Gasteiger partial charge in [0.15, 0.2) is 5.82 Å². The quantitative estimate of drug-likeness (QED) is 0.792. The SMILES string of the molecule is CN(C)CC1CCCN1c1nc(Cl)ncc1Cl. The maximum absolute atomic E-state index is 6.14. The summed E-state index contributed by atoms with van der Waals surface area (Å²) in [5.41, 5.74) is 0. The zero-order chi connectivity index (χ0) is 12.4. The van der Waals surface area contributed by atoms with E-state index in [-0.39, 0.29) is 5.28 Å². The van der Waals surface area contributed by atoms with Gasteiger partial charge in [-0.1, -0.05) is 11.6 Å². The summed E-state index contributed by atoms with van der Waals surface area (Å²) < 4.78 is 0. The van der Waals surface area contributed by atoms with Crippen LogP contribution >= 0.6 is 23.2 Å². The largest absolute Gasteiger partial charge is 0.351 e. The number of hydrogen-bond donors (Lipinski definition) is 0. The first-order valence-electron chi connectivity index (χ1n) is 5.67. The summed E-state index contributed by atoms with van der Waals surface area (Å²) in [6, 6.07) is 0.452. The molecule has 4 nitrogen and oxygen atoms in total. The highest BCUT2D eigenvalue weighted by Crippen LogP contribution is 2.30. The van der Waals surface area contributed by atoms with Gasteiger partial charge >= 0.3 is 0 Å². The van der Waals surface area contributed by atoms with Gasteiger partial charge in [0.05, 0.1) is 6.20 Å². The van der Waals surface area contributed by atoms with E-state index in [0.29, 0.717) is 11.1 Å². The average Bonchev–Trinajstić information content (AvgIpc) is 2.69. The van der Waals surface area contributed by atoms with Gasteiger partial charge in [0.2, 0.25) is 5.28 Å². The maximum atomic E-state index is 6.14. The van der Waals surface area contributed by atoms with Crippen LogP contribution in [-0.4, -0.2) is 48.1 Å². The third kappa shape index (κ3) is 3.00. The Bertz CT molecular complexity index is 397. The van der Waals surface area contributed by atoms with Gasteiger partial charge in [0, 0.05) is 19.1 Å². The first kappa shape index (κ1) is 12.9. The number of rotatable bonds is 3. The third-order valence-electron chi connectivity index (χ3n) is 2.92. The third-order valence-corrected chi connectivity index (χ3v) is 3.37. The zero-order valence-electron chi connectivity index (χ0n) is 10.0. The van der Waals surface area contributed by atoms with Crippen molar-refractivity contribution in [2.45, 2.75) is 18.9 Å². The molecule has 1 fully saturated rings. The standard InChI is InChI=1S/C11H16Cl2N4/c1-16(2)7-8-4-3-5-17(8)10-9(12)6-14-11(13)15-10/h6,8H,3-5,7H2,1-2H3. The van der Waals surface area contributed by atoms with Crippen LogP contribution in [0.3, 0.4) is 0 Å². The molecule has 1 aromatic heterocycles. The minimum Gasteiger partial charge on any atom is -0.351 e. The highest BCUT2D eigenvalue weighted by atomic mass is 35.5. The van der Waals surface area contributed by atoms with E-state index >= 15 is 0 Å². The van der Waals surface area contributed by atoms with Crippen molar-refractivity contribution in [2.24, 2.45) is 0 Å². The van der Waals surface area contributed by atoms with Crippen LogP contribution in [0.2, 0.25) is 10.3 Å². The molecule has 0 spiro atoms. The van der Waals surface area contributed by atoms with Crippen molar-refractivity contribution >= 4 is 29.0 Å². The van der Waals surface area contributed by atoms with E-state index in [1.807, 2.05) is 0 Å². The smallest absolute Gasteiger partial charge is 0.224 e. The van der Waals surface area contributed by atoms with Crippen molar-refractivity contribution < 1.29 is 0 Å². The van der Waals surface area contributed by atoms with Crippen LogP contribution in [0.25, 0.3) is 0 Å². The van der Waals surface area contributed by atoms with Gasteiger partial charge in [-0.25, -0.2) is 4.98 Å². The lowest BCUT2D eigenvalue weighted by Crippen LogP contribution is -2.38. The van der Waals surface area contributed by atoms with Gasteiger partial charge in [-0.2, -0.15) is 4.98 Å². The highest BCUT2D eigenvalue weighted by molar-refractivity contribution is 6.33. The van der Waals surface area contributed by atoms with Gasteiger partial charge in [-0.3, -0.25) is 0 Å². The molecule has 1 atom stereocenters. The predicted molar refractivity (Wildman–Crippen MR) is 71.0 cm³/mol. The van der Waals surface area contributed by atoms with Crippen molar-refractivity contribution in [2.75, 3.05) is 32.1 Å². The number of anilines is 1. The molecule has 0 aliphatic carbocycles. The Hall–Kier alpha value is -0.580. The molecule has 94 valence electrons. The minimum atomic E-state index is 0.250. The maximum Gasteiger partial charge on any atom is 0.224 e. The Balaban J connectivity index is 2.22. The van der Waals surface area contributed by atoms with E-state index in [2.05, 4.69) is 33.9 Å². The summed E-state index contributed by atoms with van der Waals surface area (Å²) in [7, 11) is 4.15. The Morgan fingerprint density at radius 1 is 1.47 bits per heavy atom. The number of halogens is 2.